The molecule has 2 rings (SSSR count). The van der Waals surface area contributed by atoms with E-state index in [4.69, 9.17) is 9.47 Å². The lowest BCUT2D eigenvalue weighted by Gasteiger charge is -2.21. The number of hydrogen-bond donors (Lipinski definition) is 2. The van der Waals surface area contributed by atoms with Gasteiger partial charge in [0, 0.05) is 6.42 Å². The molecule has 0 radical (unpaired) electrons. The normalized spacial score (nSPS) is 12.0. The Morgan fingerprint density at radius 1 is 0.938 bits per heavy atom. The van der Waals surface area contributed by atoms with Crippen LogP contribution in [0.25, 0.3) is 0 Å². The molecule has 0 aliphatic carbocycles. The zero-order chi connectivity index (χ0) is 23.3. The lowest BCUT2D eigenvalue weighted by atomic mass is 10.1. The molecular formula is C21H23N3O8. The lowest BCUT2D eigenvalue weighted by Crippen LogP contribution is -2.54. The molecule has 32 heavy (non-hydrogen) atoms. The second-order valence-electron chi connectivity index (χ2n) is 6.55. The molecule has 2 atom stereocenters. The van der Waals surface area contributed by atoms with Crippen molar-refractivity contribution >= 4 is 18.0 Å². The van der Waals surface area contributed by atoms with Crippen LogP contribution in [0.15, 0.2) is 60.7 Å². The standard InChI is InChI=1S/C21H23N3O8/c1-30-20(26)17(12-15-8-4-2-5-9-15)22-19(25)18(14-32-24(28)29)23-21(27)31-13-16-10-6-3-7-11-16/h2-11,17-18H,12-14H2,1H3,(H,22,25)(H,23,27)/t17-,18-/m0/s1. The van der Waals surface area contributed by atoms with E-state index in [0.29, 0.717) is 5.56 Å². The maximum atomic E-state index is 12.7. The molecule has 0 aliphatic rings. The molecule has 2 N–H and O–H groups in total. The van der Waals surface area contributed by atoms with Gasteiger partial charge in [0.05, 0.1) is 7.11 Å². The Hall–Kier alpha value is -4.15. The maximum Gasteiger partial charge on any atom is 0.408 e. The van der Waals surface area contributed by atoms with E-state index in [9.17, 15) is 24.5 Å². The fraction of sp³-hybridized carbons (Fsp3) is 0.286. The van der Waals surface area contributed by atoms with Gasteiger partial charge in [-0.15, -0.1) is 10.1 Å². The minimum atomic E-state index is -1.49. The van der Waals surface area contributed by atoms with E-state index in [-0.39, 0.29) is 13.0 Å². The monoisotopic (exact) mass is 445 g/mol. The van der Waals surface area contributed by atoms with Crippen LogP contribution in [0.4, 0.5) is 4.79 Å². The highest BCUT2D eigenvalue weighted by molar-refractivity contribution is 5.89. The Labute approximate surface area is 183 Å². The first-order chi connectivity index (χ1) is 15.4. The van der Waals surface area contributed by atoms with Crippen LogP contribution in [-0.4, -0.2) is 48.9 Å². The molecule has 0 unspecified atom stereocenters. The second kappa shape index (κ2) is 12.5. The van der Waals surface area contributed by atoms with Crippen LogP contribution in [0.3, 0.4) is 0 Å². The van der Waals surface area contributed by atoms with Gasteiger partial charge in [-0.25, -0.2) is 9.59 Å². The molecule has 2 amide bonds. The molecule has 0 saturated carbocycles. The van der Waals surface area contributed by atoms with Gasteiger partial charge in [0.15, 0.2) is 0 Å². The number of alkyl carbamates (subject to hydrolysis) is 1. The van der Waals surface area contributed by atoms with Crippen molar-refractivity contribution in [3.8, 4) is 0 Å². The fourth-order valence-corrected chi connectivity index (χ4v) is 2.68. The zero-order valence-corrected chi connectivity index (χ0v) is 17.3. The number of esters is 1. The number of rotatable bonds is 11. The largest absolute Gasteiger partial charge is 0.467 e. The van der Waals surface area contributed by atoms with E-state index < -0.39 is 41.7 Å². The van der Waals surface area contributed by atoms with Crippen molar-refractivity contribution in [1.82, 2.24) is 10.6 Å². The molecule has 0 fully saturated rings. The zero-order valence-electron chi connectivity index (χ0n) is 17.3. The van der Waals surface area contributed by atoms with E-state index in [1.807, 2.05) is 0 Å². The summed E-state index contributed by atoms with van der Waals surface area (Å²) in [6, 6.07) is 15.1. The minimum Gasteiger partial charge on any atom is -0.467 e. The number of carbonyl (C=O) groups excluding carboxylic acids is 3. The van der Waals surface area contributed by atoms with Crippen LogP contribution in [0, 0.1) is 10.1 Å². The number of nitrogens with one attached hydrogen (secondary N) is 2. The summed E-state index contributed by atoms with van der Waals surface area (Å²) >= 11 is 0. The number of nitrogens with zero attached hydrogens (tertiary/aromatic N) is 1. The van der Waals surface area contributed by atoms with Crippen molar-refractivity contribution in [1.29, 1.82) is 0 Å². The van der Waals surface area contributed by atoms with Crippen molar-refractivity contribution in [2.24, 2.45) is 0 Å². The Morgan fingerprint density at radius 3 is 2.09 bits per heavy atom. The molecule has 0 heterocycles. The molecule has 0 aliphatic heterocycles. The predicted molar refractivity (Wildman–Crippen MR) is 111 cm³/mol. The topological polar surface area (TPSA) is 146 Å². The van der Waals surface area contributed by atoms with Crippen molar-refractivity contribution in [3.63, 3.8) is 0 Å². The highest BCUT2D eigenvalue weighted by Gasteiger charge is 2.29. The van der Waals surface area contributed by atoms with Crippen LogP contribution in [-0.2, 0) is 36.9 Å². The molecular weight excluding hydrogens is 422 g/mol. The van der Waals surface area contributed by atoms with Crippen LogP contribution in [0.2, 0.25) is 0 Å². The van der Waals surface area contributed by atoms with Crippen molar-refractivity contribution in [3.05, 3.63) is 81.9 Å². The van der Waals surface area contributed by atoms with Crippen LogP contribution >= 0.6 is 0 Å². The first kappa shape index (κ1) is 24.1. The highest BCUT2D eigenvalue weighted by Crippen LogP contribution is 2.06. The third-order valence-electron chi connectivity index (χ3n) is 4.25. The summed E-state index contributed by atoms with van der Waals surface area (Å²) in [6.45, 7) is -0.853. The van der Waals surface area contributed by atoms with Gasteiger partial charge < -0.3 is 24.9 Å². The van der Waals surface area contributed by atoms with E-state index in [0.717, 1.165) is 5.56 Å². The van der Waals surface area contributed by atoms with E-state index in [1.54, 1.807) is 60.7 Å². The average Bonchev–Trinajstić information content (AvgIpc) is 2.80. The first-order valence-corrected chi connectivity index (χ1v) is 9.55. The van der Waals surface area contributed by atoms with Gasteiger partial charge in [-0.3, -0.25) is 4.79 Å². The van der Waals surface area contributed by atoms with Crippen molar-refractivity contribution in [2.45, 2.75) is 25.1 Å². The number of benzene rings is 2. The molecule has 170 valence electrons. The van der Waals surface area contributed by atoms with Gasteiger partial charge in [0.1, 0.15) is 25.3 Å². The Balaban J connectivity index is 2.03. The fourth-order valence-electron chi connectivity index (χ4n) is 2.68. The number of ether oxygens (including phenoxy) is 2. The van der Waals surface area contributed by atoms with Crippen molar-refractivity contribution < 1.29 is 33.8 Å². The molecule has 0 aromatic heterocycles. The van der Waals surface area contributed by atoms with Gasteiger partial charge in [-0.05, 0) is 11.1 Å². The Morgan fingerprint density at radius 2 is 1.53 bits per heavy atom. The second-order valence-corrected chi connectivity index (χ2v) is 6.55. The summed E-state index contributed by atoms with van der Waals surface area (Å²) in [5, 5.41) is 14.1. The molecule has 0 bridgehead atoms. The van der Waals surface area contributed by atoms with Gasteiger partial charge >= 0.3 is 12.1 Å². The van der Waals surface area contributed by atoms with Crippen molar-refractivity contribution in [2.75, 3.05) is 13.7 Å². The van der Waals surface area contributed by atoms with E-state index in [1.165, 1.54) is 7.11 Å². The molecule has 11 nitrogen and oxygen atoms in total. The van der Waals surface area contributed by atoms with Crippen LogP contribution in [0.1, 0.15) is 11.1 Å². The van der Waals surface area contributed by atoms with Crippen LogP contribution in [0.5, 0.6) is 0 Å². The molecule has 0 spiro atoms. The quantitative estimate of drug-likeness (QED) is 0.300. The van der Waals surface area contributed by atoms with Crippen LogP contribution < -0.4 is 10.6 Å². The summed E-state index contributed by atoms with van der Waals surface area (Å²) < 4.78 is 9.76. The SMILES string of the molecule is COC(=O)[C@H](Cc1ccccc1)NC(=O)[C@H](CO[N+](=O)[O-])NC(=O)OCc1ccccc1. The number of amides is 2. The van der Waals surface area contributed by atoms with Gasteiger partial charge in [-0.2, -0.15) is 0 Å². The molecule has 11 heteroatoms. The smallest absolute Gasteiger partial charge is 0.408 e. The molecule has 2 aromatic carbocycles. The highest BCUT2D eigenvalue weighted by atomic mass is 16.9. The number of hydrogen-bond acceptors (Lipinski definition) is 8. The van der Waals surface area contributed by atoms with E-state index >= 15 is 0 Å². The van der Waals surface area contributed by atoms with E-state index in [2.05, 4.69) is 15.5 Å². The van der Waals surface area contributed by atoms with Gasteiger partial charge in [0.25, 0.3) is 5.09 Å². The first-order valence-electron chi connectivity index (χ1n) is 9.55. The summed E-state index contributed by atoms with van der Waals surface area (Å²) in [5.74, 6) is -1.60. The summed E-state index contributed by atoms with van der Waals surface area (Å²) in [5.41, 5.74) is 1.45. The maximum absolute atomic E-state index is 12.7. The average molecular weight is 445 g/mol. The third-order valence-corrected chi connectivity index (χ3v) is 4.25. The number of methoxy groups -OCH3 is 1. The molecule has 0 saturated heterocycles. The Kier molecular flexibility index (Phi) is 9.44. The lowest BCUT2D eigenvalue weighted by molar-refractivity contribution is -0.757. The number of carbonyl (C=O) groups is 3. The third kappa shape index (κ3) is 8.30. The summed E-state index contributed by atoms with van der Waals surface area (Å²) in [7, 11) is 1.17. The summed E-state index contributed by atoms with van der Waals surface area (Å²) in [6.07, 6.45) is -0.876. The van der Waals surface area contributed by atoms with Gasteiger partial charge in [0.2, 0.25) is 5.91 Å². The minimum absolute atomic E-state index is 0.0735. The van der Waals surface area contributed by atoms with Gasteiger partial charge in [-0.1, -0.05) is 60.7 Å². The Bertz CT molecular complexity index is 908. The molecule has 2 aromatic rings. The predicted octanol–water partition coefficient (Wildman–Crippen LogP) is 1.39. The summed E-state index contributed by atoms with van der Waals surface area (Å²) in [4.78, 5) is 51.8.